The molecule has 0 saturated carbocycles. The first kappa shape index (κ1) is 18.6. The van der Waals surface area contributed by atoms with E-state index in [2.05, 4.69) is 97.9 Å². The molecule has 0 unspecified atom stereocenters. The normalized spacial score (nSPS) is 13.0. The second-order valence-corrected chi connectivity index (χ2v) is 10.6. The van der Waals surface area contributed by atoms with Crippen molar-refractivity contribution in [1.29, 1.82) is 0 Å². The van der Waals surface area contributed by atoms with E-state index < -0.39 is 0 Å². The quantitative estimate of drug-likeness (QED) is 0.260. The molecule has 2 heterocycles. The molecule has 0 bridgehead atoms. The van der Waals surface area contributed by atoms with Crippen LogP contribution in [0.25, 0.3) is 44.2 Å². The number of rotatable bonds is 2. The fourth-order valence-corrected chi connectivity index (χ4v) is 7.23. The lowest BCUT2D eigenvalue weighted by Crippen LogP contribution is -1.99. The van der Waals surface area contributed by atoms with Gasteiger partial charge in [-0.3, -0.25) is 0 Å². The molecule has 0 aliphatic carbocycles. The van der Waals surface area contributed by atoms with Gasteiger partial charge in [0, 0.05) is 30.4 Å². The first-order valence-corrected chi connectivity index (χ1v) is 12.7. The summed E-state index contributed by atoms with van der Waals surface area (Å²) in [5.74, 6) is 0. The maximum Gasteiger partial charge on any atom is 0.0208 e. The lowest BCUT2D eigenvalue weighted by atomic mass is 9.90. The average molecular weight is 445 g/mol. The molecule has 0 atom stereocenters. The van der Waals surface area contributed by atoms with Crippen LogP contribution in [0.4, 0.5) is 0 Å². The summed E-state index contributed by atoms with van der Waals surface area (Å²) in [5.41, 5.74) is 9.39. The molecule has 5 aromatic rings. The van der Waals surface area contributed by atoms with Crippen molar-refractivity contribution < 1.29 is 0 Å². The van der Waals surface area contributed by atoms with Gasteiger partial charge in [0.05, 0.1) is 0 Å². The molecular formula is C30H20S2. The molecule has 0 radical (unpaired) electrons. The zero-order valence-corrected chi connectivity index (χ0v) is 19.3. The van der Waals surface area contributed by atoms with Gasteiger partial charge in [0.25, 0.3) is 0 Å². The molecule has 0 amide bonds. The van der Waals surface area contributed by atoms with Gasteiger partial charge < -0.3 is 0 Å². The number of hydrogen-bond acceptors (Lipinski definition) is 2. The number of hydrogen-bond donors (Lipinski definition) is 0. The van der Waals surface area contributed by atoms with Crippen LogP contribution in [0.5, 0.6) is 0 Å². The predicted molar refractivity (Wildman–Crippen MR) is 138 cm³/mol. The van der Waals surface area contributed by atoms with E-state index in [1.165, 1.54) is 69.3 Å². The molecule has 2 heteroatoms. The zero-order valence-electron chi connectivity index (χ0n) is 17.7. The molecule has 2 aliphatic heterocycles. The minimum Gasteiger partial charge on any atom is -0.0888 e. The zero-order chi connectivity index (χ0) is 21.2. The molecule has 0 spiro atoms. The topological polar surface area (TPSA) is 0 Å². The van der Waals surface area contributed by atoms with Crippen molar-refractivity contribution in [2.75, 3.05) is 0 Å². The van der Waals surface area contributed by atoms with Crippen molar-refractivity contribution >= 4 is 34.3 Å². The van der Waals surface area contributed by atoms with Crippen LogP contribution in [-0.2, 0) is 6.42 Å². The highest BCUT2D eigenvalue weighted by molar-refractivity contribution is 8.00. The highest BCUT2D eigenvalue weighted by Crippen LogP contribution is 2.55. The predicted octanol–water partition coefficient (Wildman–Crippen LogP) is 9.33. The van der Waals surface area contributed by atoms with Crippen LogP contribution < -0.4 is 0 Å². The van der Waals surface area contributed by atoms with Gasteiger partial charge in [0.15, 0.2) is 0 Å². The first-order chi connectivity index (χ1) is 15.8. The van der Waals surface area contributed by atoms with Gasteiger partial charge >= 0.3 is 0 Å². The smallest absolute Gasteiger partial charge is 0.0208 e. The third-order valence-electron chi connectivity index (χ3n) is 6.67. The Morgan fingerprint density at radius 3 is 1.81 bits per heavy atom. The minimum atomic E-state index is 1.08. The summed E-state index contributed by atoms with van der Waals surface area (Å²) in [7, 11) is 0. The Bertz CT molecular complexity index is 1540. The Kier molecular flexibility index (Phi) is 4.09. The van der Waals surface area contributed by atoms with Gasteiger partial charge in [-0.2, -0.15) is 0 Å². The van der Waals surface area contributed by atoms with Crippen molar-refractivity contribution in [3.05, 3.63) is 96.6 Å². The van der Waals surface area contributed by atoms with Crippen LogP contribution in [0.15, 0.2) is 111 Å². The van der Waals surface area contributed by atoms with Gasteiger partial charge in [-0.15, -0.1) is 0 Å². The molecule has 7 rings (SSSR count). The van der Waals surface area contributed by atoms with Crippen LogP contribution in [0.2, 0.25) is 0 Å². The summed E-state index contributed by atoms with van der Waals surface area (Å²) < 4.78 is 0. The van der Waals surface area contributed by atoms with Crippen molar-refractivity contribution in [2.24, 2.45) is 0 Å². The molecule has 0 aromatic heterocycles. The second-order valence-electron chi connectivity index (χ2n) is 8.43. The van der Waals surface area contributed by atoms with Crippen LogP contribution >= 0.6 is 23.5 Å². The van der Waals surface area contributed by atoms with E-state index in [-0.39, 0.29) is 0 Å². The Labute approximate surface area is 196 Å². The SMILES string of the molecule is CCc1ccc(-c2ccc3c(c2)-c2ccc4c5c(ccc(c25)S3)-c2ccccc2S4)cc1. The number of aryl methyl sites for hydroxylation is 1. The molecule has 5 aromatic carbocycles. The lowest BCUT2D eigenvalue weighted by molar-refractivity contribution is 1.14. The minimum absolute atomic E-state index is 1.08. The third-order valence-corrected chi connectivity index (χ3v) is 8.94. The van der Waals surface area contributed by atoms with Gasteiger partial charge in [-0.05, 0) is 75.7 Å². The third kappa shape index (κ3) is 2.66. The summed E-state index contributed by atoms with van der Waals surface area (Å²) >= 11 is 3.81. The molecule has 0 fully saturated rings. The fraction of sp³-hybridized carbons (Fsp3) is 0.0667. The number of benzene rings is 5. The van der Waals surface area contributed by atoms with Crippen LogP contribution in [0.1, 0.15) is 12.5 Å². The largest absolute Gasteiger partial charge is 0.0888 e. The van der Waals surface area contributed by atoms with Crippen molar-refractivity contribution in [2.45, 2.75) is 32.9 Å². The Hall–Kier alpha value is -2.94. The van der Waals surface area contributed by atoms with E-state index in [1.807, 2.05) is 23.5 Å². The van der Waals surface area contributed by atoms with E-state index >= 15 is 0 Å². The summed E-state index contributed by atoms with van der Waals surface area (Å²) in [5, 5.41) is 2.83. The van der Waals surface area contributed by atoms with Crippen molar-refractivity contribution in [3.63, 3.8) is 0 Å². The summed E-state index contributed by atoms with van der Waals surface area (Å²) in [4.78, 5) is 5.44. The Morgan fingerprint density at radius 1 is 0.500 bits per heavy atom. The maximum atomic E-state index is 2.39. The standard InChI is InChI=1S/C30H20S2/c1-2-18-7-9-19(10-8-18)20-11-14-26-24(17-20)23-13-16-27-29-22(12-15-28(32-26)30(23)29)21-5-3-4-6-25(21)31-27/h3-17H,2H2,1H3. The highest BCUT2D eigenvalue weighted by atomic mass is 32.2. The molecule has 152 valence electrons. The maximum absolute atomic E-state index is 2.39. The first-order valence-electron chi connectivity index (χ1n) is 11.1. The molecule has 0 N–H and O–H groups in total. The van der Waals surface area contributed by atoms with Crippen LogP contribution in [0.3, 0.4) is 0 Å². The van der Waals surface area contributed by atoms with Gasteiger partial charge in [-0.25, -0.2) is 0 Å². The van der Waals surface area contributed by atoms with E-state index in [4.69, 9.17) is 0 Å². The molecule has 2 aliphatic rings. The molecular weight excluding hydrogens is 424 g/mol. The van der Waals surface area contributed by atoms with E-state index in [0.717, 1.165) is 6.42 Å². The van der Waals surface area contributed by atoms with Crippen molar-refractivity contribution in [3.8, 4) is 33.4 Å². The summed E-state index contributed by atoms with van der Waals surface area (Å²) in [6, 6.07) is 34.1. The summed E-state index contributed by atoms with van der Waals surface area (Å²) in [6.07, 6.45) is 1.08. The van der Waals surface area contributed by atoms with Gasteiger partial charge in [-0.1, -0.05) is 91.1 Å². The lowest BCUT2D eigenvalue weighted by Gasteiger charge is -2.26. The highest BCUT2D eigenvalue weighted by Gasteiger charge is 2.26. The van der Waals surface area contributed by atoms with E-state index in [0.29, 0.717) is 0 Å². The van der Waals surface area contributed by atoms with Gasteiger partial charge in [0.1, 0.15) is 0 Å². The molecule has 0 nitrogen and oxygen atoms in total. The molecule has 0 saturated heterocycles. The molecule has 32 heavy (non-hydrogen) atoms. The van der Waals surface area contributed by atoms with Crippen LogP contribution in [-0.4, -0.2) is 0 Å². The van der Waals surface area contributed by atoms with E-state index in [9.17, 15) is 0 Å². The second kappa shape index (κ2) is 7.03. The average Bonchev–Trinajstić information content (AvgIpc) is 2.86. The Balaban J connectivity index is 1.46. The number of fused-ring (bicyclic) bond motifs is 4. The Morgan fingerprint density at radius 2 is 1.09 bits per heavy atom. The monoisotopic (exact) mass is 444 g/mol. The fourth-order valence-electron chi connectivity index (χ4n) is 5.01. The van der Waals surface area contributed by atoms with Crippen LogP contribution in [0, 0.1) is 0 Å². The summed E-state index contributed by atoms with van der Waals surface area (Å²) in [6.45, 7) is 2.21. The van der Waals surface area contributed by atoms with Crippen molar-refractivity contribution in [1.82, 2.24) is 0 Å². The van der Waals surface area contributed by atoms with E-state index in [1.54, 1.807) is 0 Å². The van der Waals surface area contributed by atoms with Gasteiger partial charge in [0.2, 0.25) is 0 Å².